The topological polar surface area (TPSA) is 116 Å². The number of amides is 4. The molecular weight excluding hydrogens is 834 g/mol. The van der Waals surface area contributed by atoms with Gasteiger partial charge in [0.2, 0.25) is 11.8 Å². The monoisotopic (exact) mass is 861 g/mol. The van der Waals surface area contributed by atoms with E-state index in [4.69, 9.17) is 27.9 Å². The molecule has 0 unspecified atom stereocenters. The molecule has 2 heterocycles. The number of imide groups is 2. The zero-order valence-electron chi connectivity index (χ0n) is 30.2. The number of alkyl halides is 6. The predicted molar refractivity (Wildman–Crippen MR) is 198 cm³/mol. The van der Waals surface area contributed by atoms with Gasteiger partial charge in [-0.05, 0) is 90.6 Å². The van der Waals surface area contributed by atoms with Gasteiger partial charge in [0.25, 0.3) is 11.8 Å². The minimum absolute atomic E-state index is 0.0290. The Labute approximate surface area is 339 Å². The molecule has 0 aromatic heterocycles. The molecule has 2 N–H and O–H groups in total. The van der Waals surface area contributed by atoms with Crippen molar-refractivity contribution in [3.63, 3.8) is 0 Å². The van der Waals surface area contributed by atoms with Crippen LogP contribution in [0.2, 0.25) is 10.0 Å². The van der Waals surface area contributed by atoms with Crippen molar-refractivity contribution < 1.29 is 59.8 Å². The molecule has 6 atom stereocenters. The molecule has 0 spiro atoms. The number of hydrazine groups is 1. The van der Waals surface area contributed by atoms with E-state index >= 15 is 9.18 Å². The maximum atomic E-state index is 15.4. The number of carbonyl (C=O) groups is 4. The maximum absolute atomic E-state index is 15.4. The van der Waals surface area contributed by atoms with Gasteiger partial charge in [-0.15, -0.1) is 0 Å². The van der Waals surface area contributed by atoms with Gasteiger partial charge in [0.15, 0.2) is 11.6 Å². The van der Waals surface area contributed by atoms with Crippen molar-refractivity contribution in [3.05, 3.63) is 129 Å². The quantitative estimate of drug-likeness (QED) is 0.113. The van der Waals surface area contributed by atoms with E-state index in [9.17, 15) is 45.8 Å². The number of hydrogen-bond acceptors (Lipinski definition) is 7. The lowest BCUT2D eigenvalue weighted by molar-refractivity contribution is -0.143. The number of ether oxygens (including phenoxy) is 1. The number of aromatic hydroxyl groups is 1. The van der Waals surface area contributed by atoms with Crippen LogP contribution in [0.1, 0.15) is 41.0 Å². The first kappa shape index (κ1) is 40.2. The summed E-state index contributed by atoms with van der Waals surface area (Å²) in [5.74, 6) is -11.8. The van der Waals surface area contributed by atoms with Gasteiger partial charge in [0, 0.05) is 10.9 Å². The van der Waals surface area contributed by atoms with E-state index in [0.717, 1.165) is 17.1 Å². The minimum atomic E-state index is -5.28. The fourth-order valence-corrected chi connectivity index (χ4v) is 9.69. The predicted octanol–water partition coefficient (Wildman–Crippen LogP) is 9.07. The summed E-state index contributed by atoms with van der Waals surface area (Å²) in [7, 11) is 1.41. The molecule has 8 rings (SSSR count). The number of nitrogens with zero attached hydrogens (tertiary/aromatic N) is 2. The first-order chi connectivity index (χ1) is 27.8. The first-order valence-electron chi connectivity index (χ1n) is 17.9. The average Bonchev–Trinajstić information content (AvgIpc) is 3.56. The van der Waals surface area contributed by atoms with E-state index in [1.54, 1.807) is 18.2 Å². The Bertz CT molecular complexity index is 2460. The lowest BCUT2D eigenvalue weighted by Gasteiger charge is -2.50. The third-order valence-electron chi connectivity index (χ3n) is 11.7. The second-order valence-corrected chi connectivity index (χ2v) is 15.5. The SMILES string of the molecule is COc1ccc([C@@]23C(=O)N(Nc4ccc(Cl)cc4Cl)C(=O)[C@@H]2C[C@@H]2C(=CC[C@@H]4C(=O)N(c5cc(C(F)(F)F)cc(C(F)(F)F)c5)C(=O)[C@@H]42)[C@@H]3c2ccc(O)c(F)c2)cc1. The Morgan fingerprint density at radius 2 is 1.47 bits per heavy atom. The van der Waals surface area contributed by atoms with Crippen molar-refractivity contribution in [2.75, 3.05) is 17.4 Å². The number of rotatable bonds is 6. The minimum Gasteiger partial charge on any atom is -0.505 e. The van der Waals surface area contributed by atoms with Gasteiger partial charge in [-0.2, -0.15) is 31.4 Å². The van der Waals surface area contributed by atoms with E-state index < -0.39 is 99.4 Å². The van der Waals surface area contributed by atoms with E-state index in [2.05, 4.69) is 5.43 Å². The van der Waals surface area contributed by atoms with Crippen LogP contribution < -0.4 is 15.1 Å². The first-order valence-corrected chi connectivity index (χ1v) is 18.6. The Hall–Kier alpha value is -5.61. The number of methoxy groups -OCH3 is 1. The van der Waals surface area contributed by atoms with Crippen LogP contribution in [0.3, 0.4) is 0 Å². The largest absolute Gasteiger partial charge is 0.505 e. The number of fused-ring (bicyclic) bond motifs is 4. The maximum Gasteiger partial charge on any atom is 0.416 e. The molecule has 4 aromatic rings. The normalized spacial score (nSPS) is 25.5. The summed E-state index contributed by atoms with van der Waals surface area (Å²) in [5, 5.41) is 11.2. The molecule has 4 aliphatic rings. The lowest BCUT2D eigenvalue weighted by atomic mass is 9.49. The highest BCUT2D eigenvalue weighted by molar-refractivity contribution is 6.36. The fourth-order valence-electron chi connectivity index (χ4n) is 9.24. The van der Waals surface area contributed by atoms with E-state index in [1.165, 1.54) is 43.5 Å². The number of carbonyl (C=O) groups excluding carboxylic acids is 4. The van der Waals surface area contributed by atoms with Gasteiger partial charge < -0.3 is 9.84 Å². The molecule has 306 valence electrons. The number of hydrogen-bond donors (Lipinski definition) is 2. The molecule has 9 nitrogen and oxygen atoms in total. The summed E-state index contributed by atoms with van der Waals surface area (Å²) in [4.78, 5) is 59.0. The highest BCUT2D eigenvalue weighted by Gasteiger charge is 2.70. The molecule has 4 aromatic carbocycles. The van der Waals surface area contributed by atoms with Crippen LogP contribution in [0, 0.1) is 29.5 Å². The number of phenols is 1. The Morgan fingerprint density at radius 1 is 0.814 bits per heavy atom. The molecule has 2 aliphatic heterocycles. The molecule has 3 fully saturated rings. The summed E-state index contributed by atoms with van der Waals surface area (Å²) < 4.78 is 104. The average molecular weight is 863 g/mol. The van der Waals surface area contributed by atoms with Crippen LogP contribution in [-0.4, -0.2) is 40.9 Å². The lowest BCUT2D eigenvalue weighted by Crippen LogP contribution is -2.53. The van der Waals surface area contributed by atoms with Gasteiger partial charge >= 0.3 is 12.4 Å². The van der Waals surface area contributed by atoms with Crippen LogP contribution in [0.4, 0.5) is 42.1 Å². The molecule has 2 aliphatic carbocycles. The Kier molecular flexibility index (Phi) is 9.54. The molecule has 4 amide bonds. The second kappa shape index (κ2) is 14.0. The number of benzene rings is 4. The number of allylic oxidation sites excluding steroid dienone is 2. The van der Waals surface area contributed by atoms with Crippen molar-refractivity contribution in [1.29, 1.82) is 0 Å². The smallest absolute Gasteiger partial charge is 0.416 e. The van der Waals surface area contributed by atoms with Gasteiger partial charge in [0.1, 0.15) is 5.75 Å². The van der Waals surface area contributed by atoms with Crippen molar-refractivity contribution in [2.24, 2.45) is 23.7 Å². The number of nitrogens with one attached hydrogen (secondary N) is 1. The highest BCUT2D eigenvalue weighted by atomic mass is 35.5. The molecule has 59 heavy (non-hydrogen) atoms. The molecule has 0 bridgehead atoms. The zero-order chi connectivity index (χ0) is 42.5. The summed E-state index contributed by atoms with van der Waals surface area (Å²) in [5.41, 5.74) is -2.85. The summed E-state index contributed by atoms with van der Waals surface area (Å²) in [6.45, 7) is 0. The van der Waals surface area contributed by atoms with Gasteiger partial charge in [-0.25, -0.2) is 9.29 Å². The van der Waals surface area contributed by atoms with E-state index in [0.29, 0.717) is 28.4 Å². The Morgan fingerprint density at radius 3 is 2.07 bits per heavy atom. The molecule has 1 saturated carbocycles. The number of anilines is 2. The highest BCUT2D eigenvalue weighted by Crippen LogP contribution is 2.64. The van der Waals surface area contributed by atoms with Crippen molar-refractivity contribution >= 4 is 58.2 Å². The Balaban J connectivity index is 1.31. The number of phenolic OH excluding ortho intramolecular Hbond substituents is 1. The van der Waals surface area contributed by atoms with Crippen LogP contribution in [0.5, 0.6) is 11.5 Å². The van der Waals surface area contributed by atoms with Crippen LogP contribution >= 0.6 is 23.2 Å². The fraction of sp³-hybridized carbons (Fsp3) is 0.268. The van der Waals surface area contributed by atoms with Gasteiger partial charge in [-0.1, -0.05) is 53.1 Å². The summed E-state index contributed by atoms with van der Waals surface area (Å²) >= 11 is 12.5. The van der Waals surface area contributed by atoms with Gasteiger partial charge in [-0.3, -0.25) is 24.6 Å². The zero-order valence-corrected chi connectivity index (χ0v) is 31.7. The van der Waals surface area contributed by atoms with Crippen LogP contribution in [0.25, 0.3) is 0 Å². The summed E-state index contributed by atoms with van der Waals surface area (Å²) in [6.07, 6.45) is -9.59. The van der Waals surface area contributed by atoms with Crippen molar-refractivity contribution in [1.82, 2.24) is 5.01 Å². The standard InChI is InChI=1S/C41H28Cl2F7N3O6/c1-59-24-6-3-19(4-7-24)39-28(36(56)53(38(39)58)51-31-10-5-22(42)16-29(31)43)17-27-25(34(39)18-2-11-32(54)30(44)12-18)8-9-26-33(27)37(57)52(35(26)55)23-14-20(40(45,46)47)13-21(15-23)41(48,49)50/h2-8,10-16,26-28,33-34,51,54H,9,17H2,1H3/t26-,27+,28-,33-,34-,39+/m0/s1. The van der Waals surface area contributed by atoms with E-state index in [-0.39, 0.29) is 45.8 Å². The van der Waals surface area contributed by atoms with Gasteiger partial charge in [0.05, 0.1) is 57.8 Å². The summed E-state index contributed by atoms with van der Waals surface area (Å²) in [6, 6.07) is 14.2. The van der Waals surface area contributed by atoms with E-state index in [1.807, 2.05) is 0 Å². The molecule has 18 heteroatoms. The van der Waals surface area contributed by atoms with Crippen molar-refractivity contribution in [3.8, 4) is 11.5 Å². The molecule has 0 radical (unpaired) electrons. The third-order valence-corrected chi connectivity index (χ3v) is 12.3. The van der Waals surface area contributed by atoms with Crippen LogP contribution in [-0.2, 0) is 36.9 Å². The molecular formula is C41H28Cl2F7N3O6. The third kappa shape index (κ3) is 6.29. The van der Waals surface area contributed by atoms with Crippen LogP contribution in [0.15, 0.2) is 90.5 Å². The van der Waals surface area contributed by atoms with Crippen molar-refractivity contribution in [2.45, 2.75) is 36.5 Å². The number of halogens is 9. The molecule has 2 saturated heterocycles. The second-order valence-electron chi connectivity index (χ2n) is 14.7.